The van der Waals surface area contributed by atoms with E-state index in [1.54, 1.807) is 10.9 Å². The van der Waals surface area contributed by atoms with Crippen LogP contribution in [-0.4, -0.2) is 39.4 Å². The molecule has 3 N–H and O–H groups in total. The molecule has 0 spiro atoms. The van der Waals surface area contributed by atoms with Gasteiger partial charge in [0, 0.05) is 6.54 Å². The van der Waals surface area contributed by atoms with E-state index in [1.807, 2.05) is 0 Å². The summed E-state index contributed by atoms with van der Waals surface area (Å²) in [7, 11) is 0. The van der Waals surface area contributed by atoms with Gasteiger partial charge in [-0.1, -0.05) is 5.21 Å². The highest BCUT2D eigenvalue weighted by Crippen LogP contribution is 2.18. The van der Waals surface area contributed by atoms with Crippen molar-refractivity contribution >= 4 is 0 Å². The Bertz CT molecular complexity index is 288. The Morgan fingerprint density at radius 3 is 3.08 bits per heavy atom. The normalized spacial score (nSPS) is 28.2. The third-order valence-electron chi connectivity index (χ3n) is 2.13. The van der Waals surface area contributed by atoms with Gasteiger partial charge in [-0.15, -0.1) is 5.10 Å². The van der Waals surface area contributed by atoms with E-state index in [0.717, 1.165) is 5.69 Å². The zero-order valence-electron chi connectivity index (χ0n) is 7.13. The summed E-state index contributed by atoms with van der Waals surface area (Å²) in [6.45, 7) is 1.21. The Hall–Kier alpha value is -0.980. The molecule has 0 amide bonds. The number of nitrogens with zero attached hydrogens (tertiary/aromatic N) is 3. The van der Waals surface area contributed by atoms with Crippen molar-refractivity contribution in [2.75, 3.05) is 13.2 Å². The minimum atomic E-state index is -0.493. The standard InChI is InChI=1S/C7H12N4O2/c8-1-5-2-11(10-9-5)6-3-13-4-7(6)12/h2,6-7,12H,1,3-4,8H2. The molecular formula is C7H12N4O2. The first-order chi connectivity index (χ1) is 6.31. The molecule has 2 atom stereocenters. The molecule has 6 nitrogen and oxygen atoms in total. The van der Waals surface area contributed by atoms with Crippen molar-refractivity contribution in [1.82, 2.24) is 15.0 Å². The Morgan fingerprint density at radius 1 is 1.69 bits per heavy atom. The fourth-order valence-corrected chi connectivity index (χ4v) is 1.35. The van der Waals surface area contributed by atoms with Gasteiger partial charge in [0.1, 0.15) is 12.1 Å². The minimum Gasteiger partial charge on any atom is -0.388 e. The molecule has 1 aromatic heterocycles. The van der Waals surface area contributed by atoms with E-state index < -0.39 is 6.10 Å². The molecule has 0 radical (unpaired) electrons. The van der Waals surface area contributed by atoms with Crippen molar-refractivity contribution in [2.24, 2.45) is 5.73 Å². The molecule has 2 unspecified atom stereocenters. The van der Waals surface area contributed by atoms with Crippen molar-refractivity contribution in [2.45, 2.75) is 18.7 Å². The van der Waals surface area contributed by atoms with Gasteiger partial charge in [0.2, 0.25) is 0 Å². The zero-order valence-corrected chi connectivity index (χ0v) is 7.13. The average molecular weight is 184 g/mol. The Labute approximate surface area is 75.3 Å². The number of aliphatic hydroxyl groups excluding tert-OH is 1. The number of rotatable bonds is 2. The Morgan fingerprint density at radius 2 is 2.54 bits per heavy atom. The highest BCUT2D eigenvalue weighted by atomic mass is 16.5. The topological polar surface area (TPSA) is 86.2 Å². The molecule has 1 saturated heterocycles. The summed E-state index contributed by atoms with van der Waals surface area (Å²) in [6.07, 6.45) is 1.25. The summed E-state index contributed by atoms with van der Waals surface area (Å²) in [4.78, 5) is 0. The van der Waals surface area contributed by atoms with E-state index >= 15 is 0 Å². The second kappa shape index (κ2) is 3.41. The van der Waals surface area contributed by atoms with Crippen LogP contribution in [0.4, 0.5) is 0 Å². The van der Waals surface area contributed by atoms with Crippen LogP contribution >= 0.6 is 0 Å². The lowest BCUT2D eigenvalue weighted by molar-refractivity contribution is 0.117. The van der Waals surface area contributed by atoms with Crippen LogP contribution in [0.5, 0.6) is 0 Å². The Balaban J connectivity index is 2.15. The van der Waals surface area contributed by atoms with Crippen molar-refractivity contribution in [3.63, 3.8) is 0 Å². The lowest BCUT2D eigenvalue weighted by Crippen LogP contribution is -2.22. The molecule has 1 fully saturated rings. The van der Waals surface area contributed by atoms with Crippen molar-refractivity contribution in [3.8, 4) is 0 Å². The molecular weight excluding hydrogens is 172 g/mol. The molecule has 1 aliphatic rings. The summed E-state index contributed by atoms with van der Waals surface area (Å²) >= 11 is 0. The molecule has 6 heteroatoms. The average Bonchev–Trinajstić information content (AvgIpc) is 2.71. The number of hydrogen-bond acceptors (Lipinski definition) is 5. The SMILES string of the molecule is NCc1cn(C2COCC2O)nn1. The number of ether oxygens (including phenoxy) is 1. The van der Waals surface area contributed by atoms with Gasteiger partial charge < -0.3 is 15.6 Å². The van der Waals surface area contributed by atoms with Crippen LogP contribution in [0.25, 0.3) is 0 Å². The second-order valence-electron chi connectivity index (χ2n) is 3.07. The Kier molecular flexibility index (Phi) is 2.26. The van der Waals surface area contributed by atoms with E-state index in [4.69, 9.17) is 10.5 Å². The quantitative estimate of drug-likeness (QED) is 0.594. The van der Waals surface area contributed by atoms with Crippen molar-refractivity contribution in [3.05, 3.63) is 11.9 Å². The van der Waals surface area contributed by atoms with Crippen LogP contribution in [0.1, 0.15) is 11.7 Å². The van der Waals surface area contributed by atoms with Crippen LogP contribution in [0, 0.1) is 0 Å². The number of nitrogens with two attached hydrogens (primary N) is 1. The predicted octanol–water partition coefficient (Wildman–Crippen LogP) is -1.33. The van der Waals surface area contributed by atoms with Gasteiger partial charge >= 0.3 is 0 Å². The number of aliphatic hydroxyl groups is 1. The maximum atomic E-state index is 9.48. The third-order valence-corrected chi connectivity index (χ3v) is 2.13. The molecule has 0 aliphatic carbocycles. The van der Waals surface area contributed by atoms with E-state index in [9.17, 15) is 5.11 Å². The van der Waals surface area contributed by atoms with Crippen molar-refractivity contribution < 1.29 is 9.84 Å². The van der Waals surface area contributed by atoms with Gasteiger partial charge in [0.15, 0.2) is 0 Å². The fourth-order valence-electron chi connectivity index (χ4n) is 1.35. The first kappa shape index (κ1) is 8.61. The molecule has 1 aliphatic heterocycles. The minimum absolute atomic E-state index is 0.118. The van der Waals surface area contributed by atoms with E-state index in [0.29, 0.717) is 19.8 Å². The largest absolute Gasteiger partial charge is 0.388 e. The van der Waals surface area contributed by atoms with Gasteiger partial charge in [-0.2, -0.15) is 0 Å². The summed E-state index contributed by atoms with van der Waals surface area (Å²) in [5.41, 5.74) is 6.11. The van der Waals surface area contributed by atoms with Crippen LogP contribution in [-0.2, 0) is 11.3 Å². The molecule has 13 heavy (non-hydrogen) atoms. The first-order valence-corrected chi connectivity index (χ1v) is 4.18. The fraction of sp³-hybridized carbons (Fsp3) is 0.714. The van der Waals surface area contributed by atoms with Crippen LogP contribution in [0.3, 0.4) is 0 Å². The molecule has 72 valence electrons. The maximum Gasteiger partial charge on any atom is 0.105 e. The molecule has 2 rings (SSSR count). The van der Waals surface area contributed by atoms with Crippen LogP contribution in [0.2, 0.25) is 0 Å². The lowest BCUT2D eigenvalue weighted by atomic mass is 10.2. The lowest BCUT2D eigenvalue weighted by Gasteiger charge is -2.10. The maximum absolute atomic E-state index is 9.48. The summed E-state index contributed by atoms with van der Waals surface area (Å²) < 4.78 is 6.71. The number of aromatic nitrogens is 3. The van der Waals surface area contributed by atoms with Gasteiger partial charge in [-0.25, -0.2) is 4.68 Å². The van der Waals surface area contributed by atoms with E-state index in [2.05, 4.69) is 10.3 Å². The summed E-state index contributed by atoms with van der Waals surface area (Å²) in [5.74, 6) is 0. The number of hydrogen-bond donors (Lipinski definition) is 2. The third kappa shape index (κ3) is 1.55. The molecule has 2 heterocycles. The summed E-state index contributed by atoms with van der Waals surface area (Å²) in [5, 5.41) is 17.2. The highest BCUT2D eigenvalue weighted by molar-refractivity contribution is 4.93. The van der Waals surface area contributed by atoms with Gasteiger partial charge in [-0.3, -0.25) is 0 Å². The first-order valence-electron chi connectivity index (χ1n) is 4.18. The highest BCUT2D eigenvalue weighted by Gasteiger charge is 2.28. The molecule has 1 aromatic rings. The van der Waals surface area contributed by atoms with Gasteiger partial charge in [0.25, 0.3) is 0 Å². The van der Waals surface area contributed by atoms with E-state index in [1.165, 1.54) is 0 Å². The molecule has 0 aromatic carbocycles. The van der Waals surface area contributed by atoms with Gasteiger partial charge in [-0.05, 0) is 0 Å². The molecule has 0 bridgehead atoms. The summed E-state index contributed by atoms with van der Waals surface area (Å²) in [6, 6.07) is -0.118. The van der Waals surface area contributed by atoms with Crippen LogP contribution < -0.4 is 5.73 Å². The van der Waals surface area contributed by atoms with Gasteiger partial charge in [0.05, 0.1) is 25.1 Å². The molecule has 0 saturated carbocycles. The van der Waals surface area contributed by atoms with Crippen LogP contribution in [0.15, 0.2) is 6.20 Å². The zero-order chi connectivity index (χ0) is 9.26. The smallest absolute Gasteiger partial charge is 0.105 e. The van der Waals surface area contributed by atoms with E-state index in [-0.39, 0.29) is 6.04 Å². The van der Waals surface area contributed by atoms with Crippen molar-refractivity contribution in [1.29, 1.82) is 0 Å². The second-order valence-corrected chi connectivity index (χ2v) is 3.07. The monoisotopic (exact) mass is 184 g/mol. The predicted molar refractivity (Wildman–Crippen MR) is 43.8 cm³/mol.